The SMILES string of the molecule is CCCC(=O)/C(=N/C(=O)OC)C(C)C. The molecule has 1 amide bonds. The van der Waals surface area contributed by atoms with E-state index in [1.807, 2.05) is 20.8 Å². The second kappa shape index (κ2) is 6.29. The number of rotatable bonds is 4. The first-order chi connectivity index (χ1) is 6.52. The fourth-order valence-electron chi connectivity index (χ4n) is 1.01. The molecule has 14 heavy (non-hydrogen) atoms. The van der Waals surface area contributed by atoms with Crippen LogP contribution in [0.3, 0.4) is 0 Å². The summed E-state index contributed by atoms with van der Waals surface area (Å²) in [7, 11) is 1.24. The Morgan fingerprint density at radius 2 is 1.93 bits per heavy atom. The lowest BCUT2D eigenvalue weighted by Gasteiger charge is -2.07. The zero-order valence-electron chi connectivity index (χ0n) is 9.16. The third kappa shape index (κ3) is 4.16. The van der Waals surface area contributed by atoms with Crippen LogP contribution in [0.1, 0.15) is 33.6 Å². The minimum absolute atomic E-state index is 0.0480. The quantitative estimate of drug-likeness (QED) is 0.652. The van der Waals surface area contributed by atoms with Crippen molar-refractivity contribution in [1.29, 1.82) is 0 Å². The lowest BCUT2D eigenvalue weighted by Crippen LogP contribution is -2.21. The predicted octanol–water partition coefficient (Wildman–Crippen LogP) is 2.22. The Bertz CT molecular complexity index is 244. The highest BCUT2D eigenvalue weighted by Crippen LogP contribution is 2.04. The first-order valence-electron chi connectivity index (χ1n) is 4.72. The molecule has 0 radical (unpaired) electrons. The van der Waals surface area contributed by atoms with Crippen molar-refractivity contribution in [3.63, 3.8) is 0 Å². The van der Waals surface area contributed by atoms with Crippen molar-refractivity contribution < 1.29 is 14.3 Å². The molecule has 0 N–H and O–H groups in total. The molecule has 0 unspecified atom stereocenters. The normalized spacial score (nSPS) is 11.6. The lowest BCUT2D eigenvalue weighted by atomic mass is 10.0. The molecule has 0 aliphatic heterocycles. The Labute approximate surface area is 84.4 Å². The highest BCUT2D eigenvalue weighted by atomic mass is 16.5. The van der Waals surface area contributed by atoms with Crippen molar-refractivity contribution in [3.8, 4) is 0 Å². The van der Waals surface area contributed by atoms with Crippen LogP contribution in [0.2, 0.25) is 0 Å². The molecule has 0 aromatic heterocycles. The van der Waals surface area contributed by atoms with Crippen LogP contribution in [0.5, 0.6) is 0 Å². The number of methoxy groups -OCH3 is 1. The zero-order chi connectivity index (χ0) is 11.1. The number of hydrogen-bond acceptors (Lipinski definition) is 3. The fourth-order valence-corrected chi connectivity index (χ4v) is 1.01. The Morgan fingerprint density at radius 3 is 2.29 bits per heavy atom. The summed E-state index contributed by atoms with van der Waals surface area (Å²) < 4.78 is 4.38. The van der Waals surface area contributed by atoms with Gasteiger partial charge >= 0.3 is 6.09 Å². The largest absolute Gasteiger partial charge is 0.451 e. The van der Waals surface area contributed by atoms with Crippen molar-refractivity contribution in [2.75, 3.05) is 7.11 Å². The van der Waals surface area contributed by atoms with Gasteiger partial charge < -0.3 is 4.74 Å². The molecular weight excluding hydrogens is 182 g/mol. The average molecular weight is 199 g/mol. The fraction of sp³-hybridized carbons (Fsp3) is 0.700. The summed E-state index contributed by atoms with van der Waals surface area (Å²) in [6.07, 6.45) is 0.470. The number of carbonyl (C=O) groups is 2. The molecule has 0 spiro atoms. The van der Waals surface area contributed by atoms with Gasteiger partial charge in [0.05, 0.1) is 12.8 Å². The van der Waals surface area contributed by atoms with Gasteiger partial charge in [-0.15, -0.1) is 0 Å². The van der Waals surface area contributed by atoms with Gasteiger partial charge in [-0.1, -0.05) is 20.8 Å². The number of nitrogens with zero attached hydrogens (tertiary/aromatic N) is 1. The van der Waals surface area contributed by atoms with E-state index in [1.54, 1.807) is 0 Å². The van der Waals surface area contributed by atoms with Gasteiger partial charge in [0.15, 0.2) is 5.78 Å². The van der Waals surface area contributed by atoms with Gasteiger partial charge in [0.1, 0.15) is 0 Å². The first-order valence-corrected chi connectivity index (χ1v) is 4.72. The molecule has 0 saturated carbocycles. The van der Waals surface area contributed by atoms with Crippen molar-refractivity contribution in [1.82, 2.24) is 0 Å². The summed E-state index contributed by atoms with van der Waals surface area (Å²) in [6, 6.07) is 0. The van der Waals surface area contributed by atoms with Crippen LogP contribution in [0.15, 0.2) is 4.99 Å². The third-order valence-corrected chi connectivity index (χ3v) is 1.70. The topological polar surface area (TPSA) is 55.7 Å². The minimum Gasteiger partial charge on any atom is -0.451 e. The molecule has 0 aromatic carbocycles. The van der Waals surface area contributed by atoms with Gasteiger partial charge in [-0.3, -0.25) is 4.79 Å². The van der Waals surface area contributed by atoms with Crippen LogP contribution < -0.4 is 0 Å². The monoisotopic (exact) mass is 199 g/mol. The Hall–Kier alpha value is -1.19. The number of hydrogen-bond donors (Lipinski definition) is 0. The number of carbonyl (C=O) groups excluding carboxylic acids is 2. The second-order valence-electron chi connectivity index (χ2n) is 3.29. The molecule has 0 atom stereocenters. The maximum atomic E-state index is 11.5. The van der Waals surface area contributed by atoms with Crippen LogP contribution in [0.25, 0.3) is 0 Å². The smallest absolute Gasteiger partial charge is 0.433 e. The van der Waals surface area contributed by atoms with Crippen LogP contribution in [-0.4, -0.2) is 24.7 Å². The van der Waals surface area contributed by atoms with Crippen molar-refractivity contribution in [2.45, 2.75) is 33.6 Å². The van der Waals surface area contributed by atoms with E-state index in [2.05, 4.69) is 9.73 Å². The summed E-state index contributed by atoms with van der Waals surface area (Å²) in [5.74, 6) is -0.124. The second-order valence-corrected chi connectivity index (χ2v) is 3.29. The van der Waals surface area contributed by atoms with E-state index in [1.165, 1.54) is 7.11 Å². The minimum atomic E-state index is -0.710. The highest BCUT2D eigenvalue weighted by Gasteiger charge is 2.16. The number of aliphatic imine (C=N–C) groups is 1. The molecule has 0 saturated heterocycles. The number of Topliss-reactive ketones (excluding diaryl/α,β-unsaturated/α-hetero) is 1. The van der Waals surface area contributed by atoms with Crippen molar-refractivity contribution in [3.05, 3.63) is 0 Å². The summed E-state index contributed by atoms with van der Waals surface area (Å²) in [5, 5.41) is 0. The summed E-state index contributed by atoms with van der Waals surface area (Å²) in [5.41, 5.74) is 0.304. The average Bonchev–Trinajstić information content (AvgIpc) is 2.13. The van der Waals surface area contributed by atoms with Gasteiger partial charge in [0.2, 0.25) is 0 Å². The molecule has 0 heterocycles. The van der Waals surface area contributed by atoms with Crippen molar-refractivity contribution in [2.24, 2.45) is 10.9 Å². The maximum Gasteiger partial charge on any atom is 0.433 e. The van der Waals surface area contributed by atoms with Gasteiger partial charge in [-0.2, -0.15) is 4.99 Å². The Balaban J connectivity index is 4.67. The van der Waals surface area contributed by atoms with E-state index >= 15 is 0 Å². The summed E-state index contributed by atoms with van der Waals surface area (Å²) in [6.45, 7) is 5.57. The molecular formula is C10H17NO3. The molecule has 4 nitrogen and oxygen atoms in total. The first kappa shape index (κ1) is 12.8. The summed E-state index contributed by atoms with van der Waals surface area (Å²) >= 11 is 0. The number of amides is 1. The highest BCUT2D eigenvalue weighted by molar-refractivity contribution is 6.41. The Kier molecular flexibility index (Phi) is 5.76. The van der Waals surface area contributed by atoms with Crippen LogP contribution in [0.4, 0.5) is 4.79 Å². The van der Waals surface area contributed by atoms with E-state index in [0.29, 0.717) is 12.1 Å². The third-order valence-electron chi connectivity index (χ3n) is 1.70. The van der Waals surface area contributed by atoms with E-state index in [-0.39, 0.29) is 11.7 Å². The van der Waals surface area contributed by atoms with Crippen molar-refractivity contribution >= 4 is 17.6 Å². The Morgan fingerprint density at radius 1 is 1.36 bits per heavy atom. The van der Waals surface area contributed by atoms with Gasteiger partial charge in [0, 0.05) is 6.42 Å². The maximum absolute atomic E-state index is 11.5. The van der Waals surface area contributed by atoms with Crippen LogP contribution in [0, 0.1) is 5.92 Å². The molecule has 80 valence electrons. The van der Waals surface area contributed by atoms with Crippen LogP contribution in [-0.2, 0) is 9.53 Å². The molecule has 0 fully saturated rings. The van der Waals surface area contributed by atoms with Crippen LogP contribution >= 0.6 is 0 Å². The number of ketones is 1. The van der Waals surface area contributed by atoms with Gasteiger partial charge in [0.25, 0.3) is 0 Å². The molecule has 4 heteroatoms. The van der Waals surface area contributed by atoms with Gasteiger partial charge in [-0.25, -0.2) is 4.79 Å². The van der Waals surface area contributed by atoms with E-state index < -0.39 is 6.09 Å². The van der Waals surface area contributed by atoms with E-state index in [9.17, 15) is 9.59 Å². The number of ether oxygens (including phenoxy) is 1. The molecule has 0 rings (SSSR count). The van der Waals surface area contributed by atoms with E-state index in [4.69, 9.17) is 0 Å². The summed E-state index contributed by atoms with van der Waals surface area (Å²) in [4.78, 5) is 26.0. The standard InChI is InChI=1S/C10H17NO3/c1-5-6-8(12)9(7(2)3)11-10(13)14-4/h7H,5-6H2,1-4H3/b11-9+. The van der Waals surface area contributed by atoms with E-state index in [0.717, 1.165) is 6.42 Å². The predicted molar refractivity (Wildman–Crippen MR) is 54.6 cm³/mol. The zero-order valence-corrected chi connectivity index (χ0v) is 9.16. The lowest BCUT2D eigenvalue weighted by molar-refractivity contribution is -0.113. The molecule has 0 aliphatic rings. The molecule has 0 aromatic rings. The molecule has 0 bridgehead atoms. The molecule has 0 aliphatic carbocycles. The van der Waals surface area contributed by atoms with Gasteiger partial charge in [-0.05, 0) is 12.3 Å².